The van der Waals surface area contributed by atoms with E-state index < -0.39 is 58.7 Å². The van der Waals surface area contributed by atoms with Gasteiger partial charge in [0.1, 0.15) is 5.60 Å². The number of ether oxygens (including phenoxy) is 1. The molecular formula is C14H23F2N3O5S. The van der Waals surface area contributed by atoms with E-state index in [1.54, 1.807) is 25.5 Å². The van der Waals surface area contributed by atoms with Gasteiger partial charge in [0, 0.05) is 6.54 Å². The van der Waals surface area contributed by atoms with Crippen molar-refractivity contribution in [3.8, 4) is 0 Å². The third kappa shape index (κ3) is 4.78. The van der Waals surface area contributed by atoms with Gasteiger partial charge in [-0.1, -0.05) is 0 Å². The number of rotatable bonds is 3. The quantitative estimate of drug-likeness (QED) is 0.758. The number of hydrogen-bond acceptors (Lipinski definition) is 6. The lowest BCUT2D eigenvalue weighted by atomic mass is 10.1. The molecule has 0 saturated carbocycles. The molecule has 2 heterocycles. The Kier molecular flexibility index (Phi) is 5.03. The van der Waals surface area contributed by atoms with E-state index >= 15 is 0 Å². The minimum absolute atomic E-state index is 0.154. The Balaban J connectivity index is 2.11. The number of likely N-dealkylation sites (tertiary alicyclic amines) is 2. The van der Waals surface area contributed by atoms with Crippen molar-refractivity contribution >= 4 is 22.0 Å². The Morgan fingerprint density at radius 1 is 1.32 bits per heavy atom. The van der Waals surface area contributed by atoms with Crippen molar-refractivity contribution in [3.05, 3.63) is 0 Å². The smallest absolute Gasteiger partial charge is 0.410 e. The van der Waals surface area contributed by atoms with Gasteiger partial charge in [-0.3, -0.25) is 19.3 Å². The summed E-state index contributed by atoms with van der Waals surface area (Å²) in [5, 5.41) is 0. The van der Waals surface area contributed by atoms with Gasteiger partial charge in [0.15, 0.2) is 0 Å². The molecule has 2 aliphatic rings. The van der Waals surface area contributed by atoms with Gasteiger partial charge in [-0.2, -0.15) is 0 Å². The van der Waals surface area contributed by atoms with Crippen molar-refractivity contribution in [3.63, 3.8) is 0 Å². The maximum Gasteiger partial charge on any atom is 0.410 e. The Hall–Kier alpha value is -1.49. The van der Waals surface area contributed by atoms with E-state index in [1.165, 1.54) is 4.90 Å². The topological polar surface area (TPSA) is 96.0 Å². The molecule has 25 heavy (non-hydrogen) atoms. The van der Waals surface area contributed by atoms with E-state index in [4.69, 9.17) is 4.74 Å². The van der Waals surface area contributed by atoms with Gasteiger partial charge < -0.3 is 4.74 Å². The van der Waals surface area contributed by atoms with Crippen LogP contribution in [0.4, 0.5) is 13.6 Å². The predicted octanol–water partition coefficient (Wildman–Crippen LogP) is 0.391. The molecule has 0 spiro atoms. The van der Waals surface area contributed by atoms with E-state index in [1.807, 2.05) is 0 Å². The molecule has 2 amide bonds. The van der Waals surface area contributed by atoms with Gasteiger partial charge in [0.05, 0.1) is 31.4 Å². The van der Waals surface area contributed by atoms with Gasteiger partial charge in [0.25, 0.3) is 5.92 Å². The number of amides is 2. The van der Waals surface area contributed by atoms with Crippen molar-refractivity contribution in [1.82, 2.24) is 14.5 Å². The number of sulfonamides is 1. The zero-order valence-corrected chi connectivity index (χ0v) is 15.4. The molecule has 2 rings (SSSR count). The van der Waals surface area contributed by atoms with Crippen LogP contribution >= 0.6 is 0 Å². The molecule has 2 aliphatic heterocycles. The summed E-state index contributed by atoms with van der Waals surface area (Å²) in [4.78, 5) is 26.2. The number of alkyl halides is 2. The molecule has 0 aromatic carbocycles. The minimum atomic E-state index is -3.76. The molecule has 2 fully saturated rings. The highest BCUT2D eigenvalue weighted by atomic mass is 32.2. The number of nitrogens with zero attached hydrogens (tertiary/aromatic N) is 2. The monoisotopic (exact) mass is 383 g/mol. The first-order valence-corrected chi connectivity index (χ1v) is 9.71. The lowest BCUT2D eigenvalue weighted by Crippen LogP contribution is -2.49. The Morgan fingerprint density at radius 3 is 2.44 bits per heavy atom. The number of halogens is 2. The van der Waals surface area contributed by atoms with Crippen LogP contribution in [0.15, 0.2) is 0 Å². The highest BCUT2D eigenvalue weighted by molar-refractivity contribution is 7.89. The molecule has 2 atom stereocenters. The van der Waals surface area contributed by atoms with Crippen LogP contribution in [0.5, 0.6) is 0 Å². The van der Waals surface area contributed by atoms with Crippen LogP contribution in [-0.2, 0) is 19.6 Å². The average Bonchev–Trinajstić information content (AvgIpc) is 2.85. The number of hydrogen-bond donors (Lipinski definition) is 1. The molecule has 11 heteroatoms. The van der Waals surface area contributed by atoms with Gasteiger partial charge >= 0.3 is 6.09 Å². The number of nitrogens with one attached hydrogen (secondary N) is 1. The molecule has 0 radical (unpaired) electrons. The summed E-state index contributed by atoms with van der Waals surface area (Å²) in [5.74, 6) is -4.10. The first kappa shape index (κ1) is 19.8. The van der Waals surface area contributed by atoms with E-state index in [9.17, 15) is 26.8 Å². The fourth-order valence-electron chi connectivity index (χ4n) is 3.27. The van der Waals surface area contributed by atoms with E-state index in [0.29, 0.717) is 0 Å². The number of carbonyl (C=O) groups excluding carboxylic acids is 2. The van der Waals surface area contributed by atoms with Gasteiger partial charge in [-0.15, -0.1) is 0 Å². The fourth-order valence-corrected chi connectivity index (χ4v) is 3.75. The summed E-state index contributed by atoms with van der Waals surface area (Å²) in [6.07, 6.45) is 0.250. The summed E-state index contributed by atoms with van der Waals surface area (Å²) in [5.41, 5.74) is -0.807. The molecule has 144 valence electrons. The van der Waals surface area contributed by atoms with Crippen molar-refractivity contribution in [2.45, 2.75) is 50.8 Å². The minimum Gasteiger partial charge on any atom is -0.444 e. The van der Waals surface area contributed by atoms with Crippen LogP contribution in [-0.4, -0.2) is 79.7 Å². The molecule has 0 bridgehead atoms. The summed E-state index contributed by atoms with van der Waals surface area (Å²) in [7, 11) is -3.76. The first-order valence-electron chi connectivity index (χ1n) is 7.82. The van der Waals surface area contributed by atoms with Crippen LogP contribution in [0.3, 0.4) is 0 Å². The van der Waals surface area contributed by atoms with Crippen molar-refractivity contribution in [2.24, 2.45) is 0 Å². The first-order chi connectivity index (χ1) is 11.2. The van der Waals surface area contributed by atoms with Gasteiger partial charge in [-0.05, 0) is 27.2 Å². The molecule has 2 saturated heterocycles. The third-order valence-electron chi connectivity index (χ3n) is 3.96. The highest BCUT2D eigenvalue weighted by Crippen LogP contribution is 2.41. The van der Waals surface area contributed by atoms with Crippen LogP contribution in [0.2, 0.25) is 0 Å². The predicted molar refractivity (Wildman–Crippen MR) is 84.6 cm³/mol. The average molecular weight is 383 g/mol. The second-order valence-corrected chi connectivity index (χ2v) is 9.19. The standard InChI is InChI=1S/C14H23F2N3O5S/c1-13(2,3)24-12(21)19-8-14(15,16)11-9(19)5-6-18(11)7-10(20)17-25(4,22)23/h9,11H,5-8H2,1-4H3,(H,17,20)/t9-,11+/m0/s1. The fraction of sp³-hybridized carbons (Fsp3) is 0.857. The van der Waals surface area contributed by atoms with E-state index in [2.05, 4.69) is 0 Å². The summed E-state index contributed by atoms with van der Waals surface area (Å²) in [6, 6.07) is -2.12. The third-order valence-corrected chi connectivity index (χ3v) is 4.56. The molecule has 8 nitrogen and oxygen atoms in total. The summed E-state index contributed by atoms with van der Waals surface area (Å²) >= 11 is 0. The Bertz CT molecular complexity index is 662. The lowest BCUT2D eigenvalue weighted by Gasteiger charge is -2.28. The largest absolute Gasteiger partial charge is 0.444 e. The molecule has 0 unspecified atom stereocenters. The summed E-state index contributed by atoms with van der Waals surface area (Å²) in [6.45, 7) is 3.82. The number of carbonyl (C=O) groups is 2. The van der Waals surface area contributed by atoms with Crippen molar-refractivity contribution in [2.75, 3.05) is 25.9 Å². The Morgan fingerprint density at radius 2 is 1.92 bits per heavy atom. The molecular weight excluding hydrogens is 360 g/mol. The van der Waals surface area contributed by atoms with E-state index in [0.717, 1.165) is 11.2 Å². The van der Waals surface area contributed by atoms with Gasteiger partial charge in [0.2, 0.25) is 15.9 Å². The lowest BCUT2D eigenvalue weighted by molar-refractivity contribution is -0.122. The number of fused-ring (bicyclic) bond motifs is 1. The zero-order valence-electron chi connectivity index (χ0n) is 14.6. The maximum absolute atomic E-state index is 14.4. The van der Waals surface area contributed by atoms with Crippen LogP contribution < -0.4 is 4.72 Å². The van der Waals surface area contributed by atoms with Crippen LogP contribution in [0.25, 0.3) is 0 Å². The molecule has 0 aromatic heterocycles. The normalized spacial score (nSPS) is 26.4. The highest BCUT2D eigenvalue weighted by Gasteiger charge is 2.61. The summed E-state index contributed by atoms with van der Waals surface area (Å²) < 4.78 is 58.0. The second kappa shape index (κ2) is 6.35. The zero-order chi connectivity index (χ0) is 19.2. The SMILES string of the molecule is CC(C)(C)OC(=O)N1CC(F)(F)[C@H]2[C@@H]1CCN2CC(=O)NS(C)(=O)=O. The van der Waals surface area contributed by atoms with Crippen LogP contribution in [0.1, 0.15) is 27.2 Å². The van der Waals surface area contributed by atoms with Crippen molar-refractivity contribution < 1.29 is 31.5 Å². The maximum atomic E-state index is 14.4. The molecule has 1 N–H and O–H groups in total. The second-order valence-electron chi connectivity index (χ2n) is 7.44. The van der Waals surface area contributed by atoms with Gasteiger partial charge in [-0.25, -0.2) is 22.0 Å². The van der Waals surface area contributed by atoms with E-state index in [-0.39, 0.29) is 13.0 Å². The molecule has 0 aliphatic carbocycles. The van der Waals surface area contributed by atoms with Crippen LogP contribution in [0, 0.1) is 0 Å². The Labute approximate surface area is 145 Å². The van der Waals surface area contributed by atoms with Crippen molar-refractivity contribution in [1.29, 1.82) is 0 Å². The molecule has 0 aromatic rings.